The smallest absolute Gasteiger partial charge is 0.459 e. The van der Waals surface area contributed by atoms with E-state index in [4.69, 9.17) is 25.4 Å². The highest BCUT2D eigenvalue weighted by Crippen LogP contribution is 2.51. The van der Waals surface area contributed by atoms with E-state index < -0.39 is 59.8 Å². The average molecular weight is 619 g/mol. The number of aromatic amines is 1. The Labute approximate surface area is 222 Å². The lowest BCUT2D eigenvalue weighted by Crippen LogP contribution is -2.41. The van der Waals surface area contributed by atoms with E-state index in [1.807, 2.05) is 18.2 Å². The summed E-state index contributed by atoms with van der Waals surface area (Å²) in [5.74, 6) is -1.13. The van der Waals surface area contributed by atoms with Crippen LogP contribution in [0, 0.1) is 0 Å². The molecule has 0 amide bonds. The quantitative estimate of drug-likeness (QED) is 0.207. The fourth-order valence-corrected chi connectivity index (χ4v) is 6.12. The molecule has 37 heavy (non-hydrogen) atoms. The number of aliphatic carboxylic acids is 1. The lowest BCUT2D eigenvalue weighted by molar-refractivity contribution is -0.138. The van der Waals surface area contributed by atoms with Crippen LogP contribution in [0.4, 0.5) is 0 Å². The molecule has 4 rings (SSSR count). The van der Waals surface area contributed by atoms with Gasteiger partial charge in [0.05, 0.1) is 6.61 Å². The third-order valence-corrected chi connectivity index (χ3v) is 8.48. The molecular weight excluding hydrogens is 597 g/mol. The third-order valence-electron chi connectivity index (χ3n) is 5.58. The molecule has 0 bridgehead atoms. The van der Waals surface area contributed by atoms with Gasteiger partial charge in [-0.1, -0.05) is 63.9 Å². The number of aliphatic hydroxyl groups is 1. The summed E-state index contributed by atoms with van der Waals surface area (Å²) in [7, 11) is -4.38. The number of hydrogen-bond donors (Lipinski definition) is 4. The molecule has 198 valence electrons. The predicted octanol–water partition coefficient (Wildman–Crippen LogP) is 2.54. The van der Waals surface area contributed by atoms with Crippen LogP contribution in [0.1, 0.15) is 13.2 Å². The Balaban J connectivity index is 1.59. The molecule has 1 unspecified atom stereocenters. The Morgan fingerprint density at radius 2 is 2.00 bits per heavy atom. The van der Waals surface area contributed by atoms with E-state index in [0.717, 1.165) is 22.2 Å². The topological polar surface area (TPSA) is 169 Å². The van der Waals surface area contributed by atoms with Crippen molar-refractivity contribution < 1.29 is 33.4 Å². The number of carboxylic acids is 1. The number of benzene rings is 2. The Hall–Kier alpha value is -2.51. The number of H-pyrrole nitrogens is 1. The minimum Gasteiger partial charge on any atom is -0.480 e. The SMILES string of the molecule is C[C@H](NP(=O)(OC[C@H]1O[C@@H](n2ccc(=O)[nH]c2=O)[C@](Cl)(Br)[C@@H]1O)Oc1cccc2ccccc12)C(=O)O. The minimum atomic E-state index is -4.38. The predicted molar refractivity (Wildman–Crippen MR) is 137 cm³/mol. The molecule has 2 aromatic carbocycles. The average Bonchev–Trinajstić information content (AvgIpc) is 3.06. The monoisotopic (exact) mass is 617 g/mol. The Morgan fingerprint density at radius 3 is 2.70 bits per heavy atom. The number of carbonyl (C=O) groups is 1. The van der Waals surface area contributed by atoms with Crippen LogP contribution in [0.25, 0.3) is 10.8 Å². The van der Waals surface area contributed by atoms with Crippen molar-refractivity contribution in [2.24, 2.45) is 0 Å². The van der Waals surface area contributed by atoms with Crippen molar-refractivity contribution in [1.29, 1.82) is 0 Å². The van der Waals surface area contributed by atoms with E-state index in [0.29, 0.717) is 5.39 Å². The number of aromatic nitrogens is 2. The molecule has 1 fully saturated rings. The molecule has 15 heteroatoms. The number of rotatable bonds is 9. The van der Waals surface area contributed by atoms with E-state index in [1.54, 1.807) is 24.3 Å². The summed E-state index contributed by atoms with van der Waals surface area (Å²) in [6.07, 6.45) is -2.90. The number of halogens is 2. The van der Waals surface area contributed by atoms with E-state index in [-0.39, 0.29) is 5.75 Å². The molecule has 6 atom stereocenters. The summed E-state index contributed by atoms with van der Waals surface area (Å²) in [6, 6.07) is 11.9. The lowest BCUT2D eigenvalue weighted by atomic mass is 10.1. The maximum Gasteiger partial charge on any atom is 0.459 e. The number of carboxylic acid groups (broad SMARTS) is 1. The number of alkyl halides is 2. The molecular formula is C22H22BrClN3O9P. The number of nitrogens with one attached hydrogen (secondary N) is 2. The van der Waals surface area contributed by atoms with E-state index in [2.05, 4.69) is 26.0 Å². The fraction of sp³-hybridized carbons (Fsp3) is 0.318. The summed E-state index contributed by atoms with van der Waals surface area (Å²) >= 11 is 9.59. The highest BCUT2D eigenvalue weighted by atomic mass is 79.9. The van der Waals surface area contributed by atoms with Crippen molar-refractivity contribution >= 4 is 52.0 Å². The summed E-state index contributed by atoms with van der Waals surface area (Å²) in [5, 5.41) is 23.9. The van der Waals surface area contributed by atoms with Crippen LogP contribution in [-0.4, -0.2) is 54.4 Å². The molecule has 0 aliphatic carbocycles. The zero-order chi connectivity index (χ0) is 27.0. The number of hydrogen-bond acceptors (Lipinski definition) is 8. The van der Waals surface area contributed by atoms with Gasteiger partial charge in [0.1, 0.15) is 24.0 Å². The molecule has 1 aliphatic rings. The first-order valence-corrected chi connectivity index (χ1v) is 13.6. The Kier molecular flexibility index (Phi) is 7.96. The van der Waals surface area contributed by atoms with Crippen molar-refractivity contribution in [3.63, 3.8) is 0 Å². The van der Waals surface area contributed by atoms with Gasteiger partial charge >= 0.3 is 19.4 Å². The summed E-state index contributed by atoms with van der Waals surface area (Å²) < 4.78 is 29.9. The van der Waals surface area contributed by atoms with Crippen molar-refractivity contribution in [3.8, 4) is 5.75 Å². The van der Waals surface area contributed by atoms with Gasteiger partial charge in [0.25, 0.3) is 5.56 Å². The zero-order valence-electron chi connectivity index (χ0n) is 19.1. The Bertz CT molecular complexity index is 1470. The van der Waals surface area contributed by atoms with Crippen molar-refractivity contribution in [2.45, 2.75) is 35.2 Å². The van der Waals surface area contributed by atoms with Gasteiger partial charge in [-0.25, -0.2) is 9.36 Å². The van der Waals surface area contributed by atoms with Crippen LogP contribution in [0.3, 0.4) is 0 Å². The second kappa shape index (κ2) is 10.7. The zero-order valence-corrected chi connectivity index (χ0v) is 22.4. The van der Waals surface area contributed by atoms with Crippen molar-refractivity contribution in [2.75, 3.05) is 6.61 Å². The van der Waals surface area contributed by atoms with Gasteiger partial charge in [-0.15, -0.1) is 0 Å². The first-order chi connectivity index (χ1) is 17.4. The van der Waals surface area contributed by atoms with Crippen LogP contribution in [0.15, 0.2) is 64.3 Å². The van der Waals surface area contributed by atoms with Gasteiger partial charge in [-0.2, -0.15) is 5.09 Å². The standard InChI is InChI=1S/C22H22BrClN3O9P/c1-12(19(30)31)26-37(33,36-15-8-4-6-13-5-2-3-7-14(13)15)34-11-16-18(29)22(23,24)20(35-16)27-10-9-17(28)25-21(27)32/h2-10,12,16,18,20,29H,11H2,1H3,(H,26,33)(H,30,31)(H,25,28,32)/t12-,16+,18+,20+,22-,37?/m0/s1. The van der Waals surface area contributed by atoms with E-state index in [9.17, 15) is 29.2 Å². The number of fused-ring (bicyclic) bond motifs is 1. The molecule has 3 aromatic rings. The summed E-state index contributed by atoms with van der Waals surface area (Å²) in [4.78, 5) is 37.2. The molecule has 12 nitrogen and oxygen atoms in total. The first-order valence-electron chi connectivity index (χ1n) is 10.9. The Morgan fingerprint density at radius 1 is 1.30 bits per heavy atom. The lowest BCUT2D eigenvalue weighted by Gasteiger charge is -2.25. The normalized spacial score (nSPS) is 26.0. The number of ether oxygens (including phenoxy) is 1. The highest BCUT2D eigenvalue weighted by Gasteiger charge is 2.55. The fourth-order valence-electron chi connectivity index (χ4n) is 3.68. The van der Waals surface area contributed by atoms with Gasteiger partial charge in [-0.3, -0.25) is 23.7 Å². The maximum absolute atomic E-state index is 13.7. The number of nitrogens with zero attached hydrogens (tertiary/aromatic N) is 1. The molecule has 1 saturated heterocycles. The second-order valence-corrected chi connectivity index (χ2v) is 12.3. The largest absolute Gasteiger partial charge is 0.480 e. The molecule has 1 aliphatic heterocycles. The summed E-state index contributed by atoms with van der Waals surface area (Å²) in [5.41, 5.74) is -1.47. The third kappa shape index (κ3) is 5.83. The molecule has 0 spiro atoms. The second-order valence-electron chi connectivity index (χ2n) is 8.21. The van der Waals surface area contributed by atoms with Crippen LogP contribution in [-0.2, 0) is 18.6 Å². The molecule has 1 aromatic heterocycles. The molecule has 2 heterocycles. The molecule has 0 saturated carbocycles. The van der Waals surface area contributed by atoms with Gasteiger partial charge in [0, 0.05) is 17.6 Å². The van der Waals surface area contributed by atoms with E-state index >= 15 is 0 Å². The van der Waals surface area contributed by atoms with Gasteiger partial charge in [-0.05, 0) is 18.4 Å². The van der Waals surface area contributed by atoms with Gasteiger partial charge in [0.2, 0.25) is 0 Å². The highest BCUT2D eigenvalue weighted by molar-refractivity contribution is 9.10. The van der Waals surface area contributed by atoms with Gasteiger partial charge < -0.3 is 19.5 Å². The van der Waals surface area contributed by atoms with Crippen LogP contribution < -0.4 is 20.9 Å². The van der Waals surface area contributed by atoms with Gasteiger partial charge in [0.15, 0.2) is 10.0 Å². The van der Waals surface area contributed by atoms with Crippen LogP contribution in [0.2, 0.25) is 0 Å². The molecule has 4 N–H and O–H groups in total. The van der Waals surface area contributed by atoms with Crippen molar-refractivity contribution in [1.82, 2.24) is 14.6 Å². The van der Waals surface area contributed by atoms with Crippen LogP contribution in [0.5, 0.6) is 5.75 Å². The maximum atomic E-state index is 13.7. The number of aliphatic hydroxyl groups excluding tert-OH is 1. The molecule has 0 radical (unpaired) electrons. The first kappa shape index (κ1) is 27.5. The van der Waals surface area contributed by atoms with Crippen LogP contribution >= 0.6 is 35.3 Å². The van der Waals surface area contributed by atoms with Crippen molar-refractivity contribution in [3.05, 3.63) is 75.6 Å². The summed E-state index contributed by atoms with van der Waals surface area (Å²) in [6.45, 7) is 0.684. The minimum absolute atomic E-state index is 0.171. The van der Waals surface area contributed by atoms with E-state index in [1.165, 1.54) is 6.92 Å².